The van der Waals surface area contributed by atoms with Crippen LogP contribution in [0, 0.1) is 0 Å². The summed E-state index contributed by atoms with van der Waals surface area (Å²) in [7, 11) is 0. The highest BCUT2D eigenvalue weighted by molar-refractivity contribution is 9.10. The van der Waals surface area contributed by atoms with Crippen molar-refractivity contribution in [1.29, 1.82) is 0 Å². The Labute approximate surface area is 106 Å². The molecule has 1 aromatic heterocycles. The quantitative estimate of drug-likeness (QED) is 0.943. The molecule has 0 aliphatic carbocycles. The van der Waals surface area contributed by atoms with Crippen LogP contribution in [0.5, 0.6) is 11.6 Å². The SMILES string of the molecule is O=C(O)c1ccnc(Oc2ccccc2Br)c1. The Hall–Kier alpha value is -1.88. The number of aromatic carboxylic acids is 1. The lowest BCUT2D eigenvalue weighted by Crippen LogP contribution is -1.97. The van der Waals surface area contributed by atoms with Crippen LogP contribution in [-0.2, 0) is 0 Å². The number of benzene rings is 1. The van der Waals surface area contributed by atoms with Crippen LogP contribution in [0.4, 0.5) is 0 Å². The van der Waals surface area contributed by atoms with Gasteiger partial charge in [0.2, 0.25) is 5.88 Å². The summed E-state index contributed by atoms with van der Waals surface area (Å²) in [5.41, 5.74) is 0.141. The maximum Gasteiger partial charge on any atom is 0.335 e. The van der Waals surface area contributed by atoms with Crippen molar-refractivity contribution in [1.82, 2.24) is 4.98 Å². The minimum atomic E-state index is -1.01. The molecule has 17 heavy (non-hydrogen) atoms. The van der Waals surface area contributed by atoms with E-state index in [0.29, 0.717) is 5.75 Å². The molecule has 0 amide bonds. The summed E-state index contributed by atoms with van der Waals surface area (Å²) in [6.45, 7) is 0. The first-order valence-electron chi connectivity index (χ1n) is 4.78. The summed E-state index contributed by atoms with van der Waals surface area (Å²) in [4.78, 5) is 14.7. The lowest BCUT2D eigenvalue weighted by molar-refractivity contribution is 0.0696. The number of rotatable bonds is 3. The van der Waals surface area contributed by atoms with Crippen molar-refractivity contribution in [2.24, 2.45) is 0 Å². The van der Waals surface area contributed by atoms with Gasteiger partial charge in [0, 0.05) is 12.3 Å². The standard InChI is InChI=1S/C12H8BrNO3/c13-9-3-1-2-4-10(9)17-11-7-8(12(15)16)5-6-14-11/h1-7H,(H,15,16). The van der Waals surface area contributed by atoms with Gasteiger partial charge in [0.25, 0.3) is 0 Å². The third-order valence-corrected chi connectivity index (χ3v) is 2.69. The molecule has 0 unspecified atom stereocenters. The van der Waals surface area contributed by atoms with E-state index in [-0.39, 0.29) is 11.4 Å². The first-order chi connectivity index (χ1) is 8.16. The Balaban J connectivity index is 2.28. The Bertz CT molecular complexity index is 557. The van der Waals surface area contributed by atoms with E-state index in [9.17, 15) is 4.79 Å². The average molecular weight is 294 g/mol. The predicted molar refractivity (Wildman–Crippen MR) is 65.4 cm³/mol. The number of aromatic nitrogens is 1. The van der Waals surface area contributed by atoms with E-state index in [1.54, 1.807) is 6.07 Å². The number of carbonyl (C=O) groups is 1. The van der Waals surface area contributed by atoms with Crippen molar-refractivity contribution in [3.05, 3.63) is 52.6 Å². The fourth-order valence-corrected chi connectivity index (χ4v) is 1.60. The van der Waals surface area contributed by atoms with Gasteiger partial charge in [-0.2, -0.15) is 0 Å². The largest absolute Gasteiger partial charge is 0.478 e. The highest BCUT2D eigenvalue weighted by Crippen LogP contribution is 2.28. The van der Waals surface area contributed by atoms with Gasteiger partial charge in [0.15, 0.2) is 0 Å². The molecule has 0 aliphatic rings. The van der Waals surface area contributed by atoms with Gasteiger partial charge in [-0.3, -0.25) is 0 Å². The van der Waals surface area contributed by atoms with E-state index in [4.69, 9.17) is 9.84 Å². The van der Waals surface area contributed by atoms with Crippen molar-refractivity contribution in [3.8, 4) is 11.6 Å². The number of pyridine rings is 1. The normalized spacial score (nSPS) is 9.94. The molecule has 86 valence electrons. The monoisotopic (exact) mass is 293 g/mol. The highest BCUT2D eigenvalue weighted by atomic mass is 79.9. The van der Waals surface area contributed by atoms with Crippen molar-refractivity contribution in [3.63, 3.8) is 0 Å². The Morgan fingerprint density at radius 2 is 2.06 bits per heavy atom. The molecule has 0 radical (unpaired) electrons. The van der Waals surface area contributed by atoms with Gasteiger partial charge in [-0.25, -0.2) is 9.78 Å². The van der Waals surface area contributed by atoms with Crippen LogP contribution in [0.25, 0.3) is 0 Å². The molecular weight excluding hydrogens is 286 g/mol. The Kier molecular flexibility index (Phi) is 3.39. The molecule has 0 atom stereocenters. The van der Waals surface area contributed by atoms with E-state index in [0.717, 1.165) is 4.47 Å². The summed E-state index contributed by atoms with van der Waals surface area (Å²) in [6, 6.07) is 10.1. The van der Waals surface area contributed by atoms with E-state index < -0.39 is 5.97 Å². The molecule has 2 rings (SSSR count). The van der Waals surface area contributed by atoms with Crippen molar-refractivity contribution < 1.29 is 14.6 Å². The summed E-state index contributed by atoms with van der Waals surface area (Å²) in [5, 5.41) is 8.84. The maximum atomic E-state index is 10.8. The van der Waals surface area contributed by atoms with Crippen molar-refractivity contribution in [2.45, 2.75) is 0 Å². The molecule has 0 saturated carbocycles. The molecule has 0 bridgehead atoms. The van der Waals surface area contributed by atoms with Gasteiger partial charge in [0.1, 0.15) is 5.75 Å². The molecule has 2 aromatic rings. The number of carboxylic acid groups (broad SMARTS) is 1. The summed E-state index contributed by atoms with van der Waals surface area (Å²) in [5.74, 6) is -0.177. The van der Waals surface area contributed by atoms with E-state index in [1.807, 2.05) is 18.2 Å². The minimum Gasteiger partial charge on any atom is -0.478 e. The van der Waals surface area contributed by atoms with Crippen LogP contribution in [-0.4, -0.2) is 16.1 Å². The first kappa shape index (κ1) is 11.6. The van der Waals surface area contributed by atoms with E-state index >= 15 is 0 Å². The van der Waals surface area contributed by atoms with Crippen LogP contribution >= 0.6 is 15.9 Å². The maximum absolute atomic E-state index is 10.8. The molecule has 0 aliphatic heterocycles. The van der Waals surface area contributed by atoms with Crippen LogP contribution in [0.1, 0.15) is 10.4 Å². The molecule has 0 fully saturated rings. The zero-order valence-corrected chi connectivity index (χ0v) is 10.2. The van der Waals surface area contributed by atoms with E-state index in [1.165, 1.54) is 18.3 Å². The van der Waals surface area contributed by atoms with Crippen LogP contribution in [0.15, 0.2) is 47.1 Å². The van der Waals surface area contributed by atoms with Crippen molar-refractivity contribution in [2.75, 3.05) is 0 Å². The zero-order valence-electron chi connectivity index (χ0n) is 8.63. The summed E-state index contributed by atoms with van der Waals surface area (Å²) >= 11 is 3.33. The van der Waals surface area contributed by atoms with Gasteiger partial charge < -0.3 is 9.84 Å². The molecule has 5 heteroatoms. The summed E-state index contributed by atoms with van der Waals surface area (Å²) in [6.07, 6.45) is 1.40. The number of hydrogen-bond donors (Lipinski definition) is 1. The molecule has 0 saturated heterocycles. The van der Waals surface area contributed by atoms with E-state index in [2.05, 4.69) is 20.9 Å². The molecule has 1 aromatic carbocycles. The van der Waals surface area contributed by atoms with Crippen LogP contribution in [0.2, 0.25) is 0 Å². The van der Waals surface area contributed by atoms with Crippen LogP contribution < -0.4 is 4.74 Å². The number of para-hydroxylation sites is 1. The Morgan fingerprint density at radius 3 is 2.76 bits per heavy atom. The molecule has 1 N–H and O–H groups in total. The number of carboxylic acids is 1. The number of ether oxygens (including phenoxy) is 1. The lowest BCUT2D eigenvalue weighted by Gasteiger charge is -2.06. The second-order valence-electron chi connectivity index (χ2n) is 3.22. The third-order valence-electron chi connectivity index (χ3n) is 2.03. The summed E-state index contributed by atoms with van der Waals surface area (Å²) < 4.78 is 6.26. The smallest absolute Gasteiger partial charge is 0.335 e. The predicted octanol–water partition coefficient (Wildman–Crippen LogP) is 3.33. The second kappa shape index (κ2) is 4.97. The zero-order chi connectivity index (χ0) is 12.3. The van der Waals surface area contributed by atoms with Crippen LogP contribution in [0.3, 0.4) is 0 Å². The van der Waals surface area contributed by atoms with Gasteiger partial charge in [0.05, 0.1) is 10.0 Å². The highest BCUT2D eigenvalue weighted by Gasteiger charge is 2.07. The first-order valence-corrected chi connectivity index (χ1v) is 5.58. The molecule has 0 spiro atoms. The van der Waals surface area contributed by atoms with Gasteiger partial charge >= 0.3 is 5.97 Å². The topological polar surface area (TPSA) is 59.4 Å². The van der Waals surface area contributed by atoms with Gasteiger partial charge in [-0.1, -0.05) is 12.1 Å². The molecule has 4 nitrogen and oxygen atoms in total. The Morgan fingerprint density at radius 1 is 1.29 bits per heavy atom. The average Bonchev–Trinajstić information content (AvgIpc) is 2.32. The number of hydrogen-bond acceptors (Lipinski definition) is 3. The third kappa shape index (κ3) is 2.82. The lowest BCUT2D eigenvalue weighted by atomic mass is 10.3. The molecule has 1 heterocycles. The number of halogens is 1. The fraction of sp³-hybridized carbons (Fsp3) is 0. The second-order valence-corrected chi connectivity index (χ2v) is 4.07. The number of nitrogens with zero attached hydrogens (tertiary/aromatic N) is 1. The van der Waals surface area contributed by atoms with Gasteiger partial charge in [-0.05, 0) is 34.1 Å². The minimum absolute atomic E-state index is 0.141. The fourth-order valence-electron chi connectivity index (χ4n) is 1.24. The molecular formula is C12H8BrNO3. The van der Waals surface area contributed by atoms with Crippen molar-refractivity contribution >= 4 is 21.9 Å². The van der Waals surface area contributed by atoms with Gasteiger partial charge in [-0.15, -0.1) is 0 Å².